The first-order valence-electron chi connectivity index (χ1n) is 5.19. The zero-order valence-electron chi connectivity index (χ0n) is 9.34. The lowest BCUT2D eigenvalue weighted by Crippen LogP contribution is -2.22. The van der Waals surface area contributed by atoms with Crippen LogP contribution in [0.5, 0.6) is 0 Å². The van der Waals surface area contributed by atoms with Gasteiger partial charge in [0.2, 0.25) is 0 Å². The van der Waals surface area contributed by atoms with E-state index in [1.54, 1.807) is 0 Å². The van der Waals surface area contributed by atoms with Crippen molar-refractivity contribution in [2.45, 2.75) is 46.2 Å². The van der Waals surface area contributed by atoms with Crippen molar-refractivity contribution in [3.8, 4) is 0 Å². The topological polar surface area (TPSA) is 43.1 Å². The van der Waals surface area contributed by atoms with Crippen LogP contribution in [0, 0.1) is 5.92 Å². The number of ketones is 1. The Balaban J connectivity index is 4.02. The van der Waals surface area contributed by atoms with E-state index in [0.29, 0.717) is 24.9 Å². The molecule has 0 amide bonds. The fraction of sp³-hybridized carbons (Fsp3) is 0.900. The average molecular weight is 183 g/mol. The van der Waals surface area contributed by atoms with Gasteiger partial charge in [0.05, 0.1) is 6.54 Å². The molecule has 0 aromatic rings. The van der Waals surface area contributed by atoms with E-state index < -0.39 is 0 Å². The maximum absolute atomic E-state index is 11.2. The Morgan fingerprint density at radius 1 is 1.38 bits per heavy atom. The van der Waals surface area contributed by atoms with Gasteiger partial charge in [-0.25, -0.2) is 0 Å². The van der Waals surface area contributed by atoms with Crippen molar-refractivity contribution >= 4 is 12.5 Å². The Hall–Kier alpha value is -0.305. The molecule has 0 bridgehead atoms. The molecule has 0 saturated carbocycles. The third-order valence-corrected chi connectivity index (χ3v) is 2.43. The van der Waals surface area contributed by atoms with Gasteiger partial charge in [0.1, 0.15) is 12.5 Å². The highest BCUT2D eigenvalue weighted by atomic mass is 16.1. The summed E-state index contributed by atoms with van der Waals surface area (Å²) in [5, 5.41) is 0. The molecule has 0 unspecified atom stereocenters. The fourth-order valence-electron chi connectivity index (χ4n) is 1.57. The number of hydrogen-bond donors (Lipinski definition) is 1. The third-order valence-electron chi connectivity index (χ3n) is 2.43. The van der Waals surface area contributed by atoms with E-state index in [2.05, 4.69) is 27.5 Å². The SMILES string of the molecule is CB(C)[C@@H](CC(=O)CN)CC(C)C. The molecule has 0 spiro atoms. The van der Waals surface area contributed by atoms with Gasteiger partial charge in [-0.1, -0.05) is 39.7 Å². The Morgan fingerprint density at radius 3 is 2.23 bits per heavy atom. The number of nitrogens with two attached hydrogens (primary N) is 1. The molecule has 0 aliphatic heterocycles. The summed E-state index contributed by atoms with van der Waals surface area (Å²) in [6, 6.07) is 0. The van der Waals surface area contributed by atoms with Crippen LogP contribution in [0.1, 0.15) is 26.7 Å². The van der Waals surface area contributed by atoms with Crippen molar-refractivity contribution in [3.05, 3.63) is 0 Å². The minimum Gasteiger partial charge on any atom is -0.324 e. The normalized spacial score (nSPS) is 13.1. The van der Waals surface area contributed by atoms with E-state index in [0.717, 1.165) is 6.42 Å². The summed E-state index contributed by atoms with van der Waals surface area (Å²) in [7, 11) is 0. The van der Waals surface area contributed by atoms with Crippen molar-refractivity contribution in [2.75, 3.05) is 6.54 Å². The van der Waals surface area contributed by atoms with Crippen LogP contribution in [0.4, 0.5) is 0 Å². The van der Waals surface area contributed by atoms with Crippen LogP contribution in [-0.2, 0) is 4.79 Å². The fourth-order valence-corrected chi connectivity index (χ4v) is 1.57. The van der Waals surface area contributed by atoms with Gasteiger partial charge in [0.15, 0.2) is 0 Å². The minimum atomic E-state index is 0.194. The Labute approximate surface area is 82.3 Å². The van der Waals surface area contributed by atoms with E-state index in [1.807, 2.05) is 0 Å². The van der Waals surface area contributed by atoms with Gasteiger partial charge in [0, 0.05) is 6.42 Å². The van der Waals surface area contributed by atoms with Gasteiger partial charge in [-0.2, -0.15) is 0 Å². The van der Waals surface area contributed by atoms with Gasteiger partial charge in [-0.05, 0) is 5.92 Å². The molecule has 76 valence electrons. The molecule has 3 heteroatoms. The summed E-state index contributed by atoms with van der Waals surface area (Å²) in [5.41, 5.74) is 5.30. The molecule has 0 radical (unpaired) electrons. The maximum atomic E-state index is 11.2. The van der Waals surface area contributed by atoms with Gasteiger partial charge in [0.25, 0.3) is 0 Å². The number of hydrogen-bond acceptors (Lipinski definition) is 2. The van der Waals surface area contributed by atoms with Crippen LogP contribution in [0.15, 0.2) is 0 Å². The molecule has 0 saturated heterocycles. The van der Waals surface area contributed by atoms with Crippen LogP contribution in [0.3, 0.4) is 0 Å². The maximum Gasteiger partial charge on any atom is 0.145 e. The van der Waals surface area contributed by atoms with Crippen LogP contribution in [0.25, 0.3) is 0 Å². The molecule has 2 N–H and O–H groups in total. The molecule has 0 aromatic heterocycles. The molecule has 1 atom stereocenters. The molecule has 13 heavy (non-hydrogen) atoms. The monoisotopic (exact) mass is 183 g/mol. The molecule has 0 aliphatic carbocycles. The average Bonchev–Trinajstić information content (AvgIpc) is 2.02. The van der Waals surface area contributed by atoms with E-state index in [4.69, 9.17) is 5.73 Å². The summed E-state index contributed by atoms with van der Waals surface area (Å²) in [5.74, 6) is 1.37. The molecule has 0 rings (SSSR count). The van der Waals surface area contributed by atoms with Crippen molar-refractivity contribution in [2.24, 2.45) is 11.7 Å². The molecule has 0 aliphatic rings. The summed E-state index contributed by atoms with van der Waals surface area (Å²) < 4.78 is 0. The minimum absolute atomic E-state index is 0.194. The Kier molecular flexibility index (Phi) is 6.05. The molecular weight excluding hydrogens is 161 g/mol. The van der Waals surface area contributed by atoms with Crippen LogP contribution >= 0.6 is 0 Å². The lowest BCUT2D eigenvalue weighted by atomic mass is 9.42. The predicted octanol–water partition coefficient (Wildman–Crippen LogP) is 2.08. The molecular formula is C10H22BNO. The van der Waals surface area contributed by atoms with Crippen LogP contribution in [0.2, 0.25) is 19.5 Å². The number of rotatable bonds is 6. The largest absolute Gasteiger partial charge is 0.324 e. The first-order valence-corrected chi connectivity index (χ1v) is 5.19. The van der Waals surface area contributed by atoms with Crippen molar-refractivity contribution in [1.29, 1.82) is 0 Å². The lowest BCUT2D eigenvalue weighted by Gasteiger charge is -2.19. The number of Topliss-reactive ketones (excluding diaryl/α,β-unsaturated/α-hetero) is 1. The van der Waals surface area contributed by atoms with E-state index in [-0.39, 0.29) is 12.3 Å². The highest BCUT2D eigenvalue weighted by Gasteiger charge is 2.19. The second-order valence-corrected chi connectivity index (χ2v) is 4.58. The smallest absolute Gasteiger partial charge is 0.145 e. The second kappa shape index (κ2) is 6.19. The van der Waals surface area contributed by atoms with Gasteiger partial charge >= 0.3 is 0 Å². The van der Waals surface area contributed by atoms with Crippen molar-refractivity contribution < 1.29 is 4.79 Å². The first-order chi connectivity index (χ1) is 5.97. The van der Waals surface area contributed by atoms with Crippen LogP contribution < -0.4 is 5.73 Å². The van der Waals surface area contributed by atoms with Crippen LogP contribution in [-0.4, -0.2) is 19.0 Å². The zero-order valence-corrected chi connectivity index (χ0v) is 9.34. The van der Waals surface area contributed by atoms with E-state index in [9.17, 15) is 4.79 Å². The number of carbonyl (C=O) groups excluding carboxylic acids is 1. The van der Waals surface area contributed by atoms with E-state index >= 15 is 0 Å². The van der Waals surface area contributed by atoms with E-state index in [1.165, 1.54) is 0 Å². The van der Waals surface area contributed by atoms with Gasteiger partial charge in [-0.3, -0.25) is 4.79 Å². The summed E-state index contributed by atoms with van der Waals surface area (Å²) in [4.78, 5) is 11.2. The second-order valence-electron chi connectivity index (χ2n) is 4.58. The highest BCUT2D eigenvalue weighted by Crippen LogP contribution is 2.24. The van der Waals surface area contributed by atoms with Crippen molar-refractivity contribution in [1.82, 2.24) is 0 Å². The number of carbonyl (C=O) groups is 1. The standard InChI is InChI=1S/C10H22BNO/c1-8(2)5-9(11(3)4)6-10(13)7-12/h8-9H,5-7,12H2,1-4H3/t9-/m1/s1. The van der Waals surface area contributed by atoms with Gasteiger partial charge in [-0.15, -0.1) is 0 Å². The van der Waals surface area contributed by atoms with Crippen molar-refractivity contribution in [3.63, 3.8) is 0 Å². The zero-order chi connectivity index (χ0) is 10.4. The summed E-state index contributed by atoms with van der Waals surface area (Å²) in [6.45, 7) is 9.53. The molecule has 0 heterocycles. The molecule has 0 aromatic carbocycles. The summed E-state index contributed by atoms with van der Waals surface area (Å²) in [6.07, 6.45) is 1.79. The quantitative estimate of drug-likeness (QED) is 0.640. The summed E-state index contributed by atoms with van der Waals surface area (Å²) >= 11 is 0. The highest BCUT2D eigenvalue weighted by molar-refractivity contribution is 6.57. The Bertz CT molecular complexity index is 157. The Morgan fingerprint density at radius 2 is 1.92 bits per heavy atom. The third kappa shape index (κ3) is 5.86. The molecule has 0 fully saturated rings. The molecule has 2 nitrogen and oxygen atoms in total. The first kappa shape index (κ1) is 12.7. The lowest BCUT2D eigenvalue weighted by molar-refractivity contribution is -0.117. The van der Waals surface area contributed by atoms with Gasteiger partial charge < -0.3 is 5.73 Å². The predicted molar refractivity (Wildman–Crippen MR) is 59.4 cm³/mol.